The Labute approximate surface area is 173 Å². The molecular formula is C22H30N4O2S. The minimum absolute atomic E-state index is 0.378. The third-order valence-electron chi connectivity index (χ3n) is 6.04. The van der Waals surface area contributed by atoms with E-state index in [1.54, 1.807) is 10.4 Å². The zero-order valence-electron chi connectivity index (χ0n) is 17.1. The van der Waals surface area contributed by atoms with E-state index in [1.807, 2.05) is 31.2 Å². The largest absolute Gasteiger partial charge is 0.366 e. The molecule has 0 radical (unpaired) electrons. The van der Waals surface area contributed by atoms with Crippen molar-refractivity contribution in [1.29, 1.82) is 0 Å². The maximum absolute atomic E-state index is 13.1. The van der Waals surface area contributed by atoms with Crippen LogP contribution in [0.15, 0.2) is 35.2 Å². The van der Waals surface area contributed by atoms with Gasteiger partial charge in [-0.15, -0.1) is 10.2 Å². The summed E-state index contributed by atoms with van der Waals surface area (Å²) in [4.78, 5) is 0.378. The van der Waals surface area contributed by atoms with Gasteiger partial charge in [-0.05, 0) is 56.4 Å². The highest BCUT2D eigenvalue weighted by atomic mass is 32.2. The molecule has 6 nitrogen and oxygen atoms in total. The molecule has 2 aromatic rings. The zero-order chi connectivity index (χ0) is 20.3. The van der Waals surface area contributed by atoms with E-state index in [-0.39, 0.29) is 0 Å². The quantitative estimate of drug-likeness (QED) is 0.786. The molecule has 2 heterocycles. The Morgan fingerprint density at radius 3 is 2.34 bits per heavy atom. The fourth-order valence-corrected chi connectivity index (χ4v) is 6.07. The van der Waals surface area contributed by atoms with E-state index in [2.05, 4.69) is 15.5 Å². The number of hydrogen-bond donors (Lipinski definition) is 1. The van der Waals surface area contributed by atoms with Gasteiger partial charge in [0.2, 0.25) is 10.0 Å². The first-order valence-corrected chi connectivity index (χ1v) is 12.2. The van der Waals surface area contributed by atoms with Gasteiger partial charge in [0, 0.05) is 24.7 Å². The van der Waals surface area contributed by atoms with Crippen molar-refractivity contribution in [3.05, 3.63) is 35.9 Å². The Hall–Kier alpha value is -1.99. The first-order chi connectivity index (χ1) is 14.0. The van der Waals surface area contributed by atoms with Crippen LogP contribution in [0.3, 0.4) is 0 Å². The first kappa shape index (κ1) is 20.3. The van der Waals surface area contributed by atoms with E-state index >= 15 is 0 Å². The van der Waals surface area contributed by atoms with E-state index in [1.165, 1.54) is 32.1 Å². The van der Waals surface area contributed by atoms with Crippen LogP contribution in [0.25, 0.3) is 11.3 Å². The third-order valence-corrected chi connectivity index (χ3v) is 8.08. The second kappa shape index (κ2) is 8.79. The Balaban J connectivity index is 1.55. The van der Waals surface area contributed by atoms with Gasteiger partial charge in [0.1, 0.15) is 5.82 Å². The number of benzene rings is 1. The summed E-state index contributed by atoms with van der Waals surface area (Å²) in [5, 5.41) is 12.2. The molecule has 2 fully saturated rings. The number of anilines is 1. The summed E-state index contributed by atoms with van der Waals surface area (Å²) >= 11 is 0. The summed E-state index contributed by atoms with van der Waals surface area (Å²) in [6, 6.07) is 9.86. The number of aromatic nitrogens is 2. The Bertz CT molecular complexity index is 932. The van der Waals surface area contributed by atoms with E-state index < -0.39 is 10.0 Å². The van der Waals surface area contributed by atoms with Gasteiger partial charge < -0.3 is 5.32 Å². The predicted molar refractivity (Wildman–Crippen MR) is 115 cm³/mol. The molecule has 1 aromatic carbocycles. The molecule has 0 atom stereocenters. The third kappa shape index (κ3) is 4.61. The van der Waals surface area contributed by atoms with Gasteiger partial charge in [-0.3, -0.25) is 0 Å². The maximum atomic E-state index is 13.1. The minimum atomic E-state index is -3.48. The van der Waals surface area contributed by atoms with Gasteiger partial charge in [0.15, 0.2) is 0 Å². The normalized spacial score (nSPS) is 19.2. The molecule has 2 aliphatic rings. The second-order valence-electron chi connectivity index (χ2n) is 8.23. The van der Waals surface area contributed by atoms with E-state index in [0.717, 1.165) is 36.2 Å². The van der Waals surface area contributed by atoms with E-state index in [9.17, 15) is 8.42 Å². The summed E-state index contributed by atoms with van der Waals surface area (Å²) in [5.74, 6) is 0.786. The van der Waals surface area contributed by atoms with E-state index in [4.69, 9.17) is 0 Å². The topological polar surface area (TPSA) is 75.2 Å². The van der Waals surface area contributed by atoms with Crippen LogP contribution in [0.5, 0.6) is 0 Å². The highest BCUT2D eigenvalue weighted by Gasteiger charge is 2.27. The number of rotatable bonds is 5. The van der Waals surface area contributed by atoms with Crippen molar-refractivity contribution >= 4 is 15.8 Å². The lowest BCUT2D eigenvalue weighted by Gasteiger charge is -2.26. The van der Waals surface area contributed by atoms with Crippen molar-refractivity contribution in [3.8, 4) is 11.3 Å². The minimum Gasteiger partial charge on any atom is -0.366 e. The Morgan fingerprint density at radius 2 is 1.66 bits per heavy atom. The predicted octanol–water partition coefficient (Wildman–Crippen LogP) is 4.37. The molecule has 1 aliphatic carbocycles. The molecule has 0 bridgehead atoms. The van der Waals surface area contributed by atoms with Crippen LogP contribution in [-0.2, 0) is 10.0 Å². The highest BCUT2D eigenvalue weighted by molar-refractivity contribution is 7.89. The van der Waals surface area contributed by atoms with Crippen LogP contribution >= 0.6 is 0 Å². The summed E-state index contributed by atoms with van der Waals surface area (Å²) < 4.78 is 27.9. The first-order valence-electron chi connectivity index (χ1n) is 10.8. The molecule has 0 spiro atoms. The zero-order valence-corrected chi connectivity index (χ0v) is 17.9. The molecule has 1 saturated heterocycles. The van der Waals surface area contributed by atoms with Crippen LogP contribution < -0.4 is 5.32 Å². The molecule has 4 rings (SSSR count). The highest BCUT2D eigenvalue weighted by Crippen LogP contribution is 2.28. The van der Waals surface area contributed by atoms with Crippen LogP contribution in [0, 0.1) is 6.92 Å². The van der Waals surface area contributed by atoms with Crippen molar-refractivity contribution in [2.75, 3.05) is 18.4 Å². The molecule has 7 heteroatoms. The number of sulfonamides is 1. The van der Waals surface area contributed by atoms with Gasteiger partial charge >= 0.3 is 0 Å². The molecule has 1 aromatic heterocycles. The van der Waals surface area contributed by atoms with Gasteiger partial charge in [-0.2, -0.15) is 4.31 Å². The molecule has 1 saturated carbocycles. The van der Waals surface area contributed by atoms with Gasteiger partial charge in [-0.25, -0.2) is 8.42 Å². The number of nitrogens with zero attached hydrogens (tertiary/aromatic N) is 3. The van der Waals surface area contributed by atoms with Crippen molar-refractivity contribution in [2.45, 2.75) is 69.2 Å². The number of nitrogens with one attached hydrogen (secondary N) is 1. The standard InChI is InChI=1S/C22H30N4O2S/c1-17-10-11-18(16-21(17)29(27,28)26-14-6-3-7-15-26)20-12-13-22(25-24-20)23-19-8-4-2-5-9-19/h10-13,16,19H,2-9,14-15H2,1H3,(H,23,25). The molecule has 1 aliphatic heterocycles. The molecule has 0 unspecified atom stereocenters. The molecule has 29 heavy (non-hydrogen) atoms. The number of hydrogen-bond acceptors (Lipinski definition) is 5. The van der Waals surface area contributed by atoms with Crippen LogP contribution in [0.2, 0.25) is 0 Å². The van der Waals surface area contributed by atoms with Gasteiger partial charge in [0.05, 0.1) is 10.6 Å². The smallest absolute Gasteiger partial charge is 0.243 e. The van der Waals surface area contributed by atoms with Crippen LogP contribution in [-0.4, -0.2) is 42.1 Å². The number of piperidine rings is 1. The van der Waals surface area contributed by atoms with Crippen LogP contribution in [0.4, 0.5) is 5.82 Å². The molecule has 1 N–H and O–H groups in total. The summed E-state index contributed by atoms with van der Waals surface area (Å²) in [5.41, 5.74) is 2.24. The lowest BCUT2D eigenvalue weighted by Crippen LogP contribution is -2.35. The van der Waals surface area contributed by atoms with Gasteiger partial charge in [0.25, 0.3) is 0 Å². The fourth-order valence-electron chi connectivity index (χ4n) is 4.30. The number of aryl methyl sites for hydroxylation is 1. The molecular weight excluding hydrogens is 384 g/mol. The van der Waals surface area contributed by atoms with Crippen molar-refractivity contribution < 1.29 is 8.42 Å². The summed E-state index contributed by atoms with van der Waals surface area (Å²) in [7, 11) is -3.48. The summed E-state index contributed by atoms with van der Waals surface area (Å²) in [6.07, 6.45) is 9.17. The molecule has 0 amide bonds. The van der Waals surface area contributed by atoms with Crippen LogP contribution in [0.1, 0.15) is 56.9 Å². The van der Waals surface area contributed by atoms with E-state index in [0.29, 0.717) is 29.7 Å². The average molecular weight is 415 g/mol. The molecule has 156 valence electrons. The fraction of sp³-hybridized carbons (Fsp3) is 0.545. The van der Waals surface area contributed by atoms with Crippen molar-refractivity contribution in [3.63, 3.8) is 0 Å². The Kier molecular flexibility index (Phi) is 6.15. The van der Waals surface area contributed by atoms with Crippen molar-refractivity contribution in [1.82, 2.24) is 14.5 Å². The second-order valence-corrected chi connectivity index (χ2v) is 10.1. The SMILES string of the molecule is Cc1ccc(-c2ccc(NC3CCCCC3)nn2)cc1S(=O)(=O)N1CCCCC1. The Morgan fingerprint density at radius 1 is 0.931 bits per heavy atom. The lowest BCUT2D eigenvalue weighted by atomic mass is 9.95. The monoisotopic (exact) mass is 414 g/mol. The average Bonchev–Trinajstić information content (AvgIpc) is 2.76. The lowest BCUT2D eigenvalue weighted by molar-refractivity contribution is 0.346. The maximum Gasteiger partial charge on any atom is 0.243 e. The van der Waals surface area contributed by atoms with Gasteiger partial charge in [-0.1, -0.05) is 37.8 Å². The summed E-state index contributed by atoms with van der Waals surface area (Å²) in [6.45, 7) is 3.06. The van der Waals surface area contributed by atoms with Crippen molar-refractivity contribution in [2.24, 2.45) is 0 Å².